The summed E-state index contributed by atoms with van der Waals surface area (Å²) in [5.41, 5.74) is 1.18. The zero-order valence-electron chi connectivity index (χ0n) is 12.5. The highest BCUT2D eigenvalue weighted by Gasteiger charge is 2.30. The second-order valence-electron chi connectivity index (χ2n) is 5.40. The van der Waals surface area contributed by atoms with Crippen LogP contribution in [-0.2, 0) is 11.2 Å². The topological polar surface area (TPSA) is 69.6 Å². The SMILES string of the molecule is CCCC[C@H](NC(=O)N1CCc2sccc2C1C)C(=O)O. The van der Waals surface area contributed by atoms with E-state index in [9.17, 15) is 14.7 Å². The number of thiophene rings is 1. The number of hydrogen-bond donors (Lipinski definition) is 2. The molecule has 0 aliphatic carbocycles. The van der Waals surface area contributed by atoms with E-state index < -0.39 is 12.0 Å². The molecule has 5 nitrogen and oxygen atoms in total. The highest BCUT2D eigenvalue weighted by molar-refractivity contribution is 7.10. The zero-order chi connectivity index (χ0) is 15.4. The van der Waals surface area contributed by atoms with Gasteiger partial charge in [0.25, 0.3) is 0 Å². The highest BCUT2D eigenvalue weighted by Crippen LogP contribution is 2.32. The van der Waals surface area contributed by atoms with Gasteiger partial charge in [0.2, 0.25) is 0 Å². The largest absolute Gasteiger partial charge is 0.480 e. The lowest BCUT2D eigenvalue weighted by Crippen LogP contribution is -2.50. The normalized spacial score (nSPS) is 19.0. The Balaban J connectivity index is 2.01. The number of urea groups is 1. The van der Waals surface area contributed by atoms with Gasteiger partial charge in [-0.05, 0) is 36.8 Å². The molecule has 1 aromatic rings. The number of aliphatic carboxylic acids is 1. The first-order valence-corrected chi connectivity index (χ1v) is 8.28. The van der Waals surface area contributed by atoms with Crippen molar-refractivity contribution in [3.8, 4) is 0 Å². The number of carbonyl (C=O) groups excluding carboxylic acids is 1. The molecule has 0 bridgehead atoms. The minimum absolute atomic E-state index is 0.000574. The van der Waals surface area contributed by atoms with E-state index in [-0.39, 0.29) is 12.1 Å². The molecule has 2 atom stereocenters. The van der Waals surface area contributed by atoms with Crippen molar-refractivity contribution in [1.29, 1.82) is 0 Å². The van der Waals surface area contributed by atoms with Gasteiger partial charge in [0.1, 0.15) is 6.04 Å². The lowest BCUT2D eigenvalue weighted by molar-refractivity contribution is -0.139. The number of carbonyl (C=O) groups is 2. The van der Waals surface area contributed by atoms with E-state index in [1.54, 1.807) is 16.2 Å². The maximum Gasteiger partial charge on any atom is 0.326 e. The number of amides is 2. The smallest absolute Gasteiger partial charge is 0.326 e. The maximum atomic E-state index is 12.4. The molecule has 2 N–H and O–H groups in total. The number of nitrogens with one attached hydrogen (secondary N) is 1. The van der Waals surface area contributed by atoms with Crippen molar-refractivity contribution in [2.75, 3.05) is 6.54 Å². The molecule has 2 amide bonds. The van der Waals surface area contributed by atoms with Gasteiger partial charge in [-0.3, -0.25) is 0 Å². The van der Waals surface area contributed by atoms with Gasteiger partial charge < -0.3 is 15.3 Å². The molecular formula is C15H22N2O3S. The zero-order valence-corrected chi connectivity index (χ0v) is 13.3. The van der Waals surface area contributed by atoms with Crippen LogP contribution in [0.3, 0.4) is 0 Å². The van der Waals surface area contributed by atoms with Gasteiger partial charge in [-0.2, -0.15) is 0 Å². The Morgan fingerprint density at radius 3 is 3.00 bits per heavy atom. The fourth-order valence-corrected chi connectivity index (χ4v) is 3.65. The molecular weight excluding hydrogens is 288 g/mol. The third-order valence-corrected chi connectivity index (χ3v) is 4.98. The fourth-order valence-electron chi connectivity index (χ4n) is 2.68. The third-order valence-electron chi connectivity index (χ3n) is 3.98. The molecule has 0 saturated carbocycles. The second-order valence-corrected chi connectivity index (χ2v) is 6.40. The minimum atomic E-state index is -0.960. The van der Waals surface area contributed by atoms with Crippen LogP contribution >= 0.6 is 11.3 Å². The van der Waals surface area contributed by atoms with E-state index in [0.717, 1.165) is 19.3 Å². The van der Waals surface area contributed by atoms with E-state index >= 15 is 0 Å². The second kappa shape index (κ2) is 6.93. The average Bonchev–Trinajstić information content (AvgIpc) is 2.92. The number of unbranched alkanes of at least 4 members (excludes halogenated alkanes) is 1. The summed E-state index contributed by atoms with van der Waals surface area (Å²) in [7, 11) is 0. The van der Waals surface area contributed by atoms with Crippen LogP contribution in [0.4, 0.5) is 4.79 Å². The number of nitrogens with zero attached hydrogens (tertiary/aromatic N) is 1. The van der Waals surface area contributed by atoms with Crippen LogP contribution in [0.1, 0.15) is 49.6 Å². The van der Waals surface area contributed by atoms with Crippen LogP contribution in [0.5, 0.6) is 0 Å². The van der Waals surface area contributed by atoms with Gasteiger partial charge in [0.05, 0.1) is 6.04 Å². The fraction of sp³-hybridized carbons (Fsp3) is 0.600. The van der Waals surface area contributed by atoms with Crippen LogP contribution in [-0.4, -0.2) is 34.6 Å². The average molecular weight is 310 g/mol. The van der Waals surface area contributed by atoms with Gasteiger partial charge in [-0.15, -0.1) is 11.3 Å². The van der Waals surface area contributed by atoms with E-state index in [2.05, 4.69) is 11.4 Å². The van der Waals surface area contributed by atoms with Crippen LogP contribution < -0.4 is 5.32 Å². The molecule has 1 unspecified atom stereocenters. The van der Waals surface area contributed by atoms with Crippen molar-refractivity contribution in [1.82, 2.24) is 10.2 Å². The summed E-state index contributed by atoms with van der Waals surface area (Å²) in [4.78, 5) is 26.7. The summed E-state index contributed by atoms with van der Waals surface area (Å²) < 4.78 is 0. The number of rotatable bonds is 5. The van der Waals surface area contributed by atoms with Gasteiger partial charge >= 0.3 is 12.0 Å². The monoisotopic (exact) mass is 310 g/mol. The lowest BCUT2D eigenvalue weighted by Gasteiger charge is -2.34. The Morgan fingerprint density at radius 1 is 1.57 bits per heavy atom. The van der Waals surface area contributed by atoms with Gasteiger partial charge in [0, 0.05) is 11.4 Å². The van der Waals surface area contributed by atoms with E-state index in [0.29, 0.717) is 13.0 Å². The first-order valence-electron chi connectivity index (χ1n) is 7.40. The Labute approximate surface area is 129 Å². The summed E-state index contributed by atoms with van der Waals surface area (Å²) >= 11 is 1.72. The first-order chi connectivity index (χ1) is 10.0. The summed E-state index contributed by atoms with van der Waals surface area (Å²) in [6.07, 6.45) is 3.03. The van der Waals surface area contributed by atoms with Gasteiger partial charge in [-0.1, -0.05) is 19.8 Å². The summed E-state index contributed by atoms with van der Waals surface area (Å²) in [6.45, 7) is 4.64. The summed E-state index contributed by atoms with van der Waals surface area (Å²) in [5.74, 6) is -0.960. The van der Waals surface area contributed by atoms with Crippen molar-refractivity contribution in [2.45, 2.75) is 51.6 Å². The summed E-state index contributed by atoms with van der Waals surface area (Å²) in [5, 5.41) is 13.9. The molecule has 0 spiro atoms. The molecule has 1 aliphatic heterocycles. The third kappa shape index (κ3) is 3.56. The van der Waals surface area contributed by atoms with Crippen molar-refractivity contribution in [2.24, 2.45) is 0 Å². The first kappa shape index (κ1) is 15.8. The Kier molecular flexibility index (Phi) is 5.22. The number of hydrogen-bond acceptors (Lipinski definition) is 3. The Morgan fingerprint density at radius 2 is 2.33 bits per heavy atom. The van der Waals surface area contributed by atoms with Crippen LogP contribution in [0.25, 0.3) is 0 Å². The molecule has 1 aromatic heterocycles. The quantitative estimate of drug-likeness (QED) is 0.878. The molecule has 0 aromatic carbocycles. The summed E-state index contributed by atoms with van der Waals surface area (Å²) in [6, 6.07) is 0.979. The van der Waals surface area contributed by atoms with E-state index in [4.69, 9.17) is 0 Å². The Bertz CT molecular complexity index is 515. The molecule has 0 radical (unpaired) electrons. The minimum Gasteiger partial charge on any atom is -0.480 e. The molecule has 1 aliphatic rings. The van der Waals surface area contributed by atoms with Crippen molar-refractivity contribution in [3.05, 3.63) is 21.9 Å². The predicted molar refractivity (Wildman–Crippen MR) is 82.6 cm³/mol. The molecule has 6 heteroatoms. The molecule has 21 heavy (non-hydrogen) atoms. The van der Waals surface area contributed by atoms with Crippen LogP contribution in [0.15, 0.2) is 11.4 Å². The molecule has 0 fully saturated rings. The highest BCUT2D eigenvalue weighted by atomic mass is 32.1. The lowest BCUT2D eigenvalue weighted by atomic mass is 10.0. The van der Waals surface area contributed by atoms with E-state index in [1.807, 2.05) is 19.2 Å². The molecule has 2 rings (SSSR count). The molecule has 116 valence electrons. The van der Waals surface area contributed by atoms with Crippen LogP contribution in [0, 0.1) is 0 Å². The number of fused-ring (bicyclic) bond motifs is 1. The van der Waals surface area contributed by atoms with Crippen molar-refractivity contribution >= 4 is 23.3 Å². The predicted octanol–water partition coefficient (Wildman–Crippen LogP) is 3.02. The van der Waals surface area contributed by atoms with E-state index in [1.165, 1.54) is 10.4 Å². The van der Waals surface area contributed by atoms with Crippen molar-refractivity contribution in [3.63, 3.8) is 0 Å². The maximum absolute atomic E-state index is 12.4. The molecule has 2 heterocycles. The number of carboxylic acid groups (broad SMARTS) is 1. The molecule has 0 saturated heterocycles. The Hall–Kier alpha value is -1.56. The van der Waals surface area contributed by atoms with Crippen molar-refractivity contribution < 1.29 is 14.7 Å². The van der Waals surface area contributed by atoms with Gasteiger partial charge in [0.15, 0.2) is 0 Å². The standard InChI is InChI=1S/C15H22N2O3S/c1-3-4-5-12(14(18)19)16-15(20)17-8-6-13-11(10(17)2)7-9-21-13/h7,9-10,12H,3-6,8H2,1-2H3,(H,16,20)(H,18,19)/t10?,12-/m0/s1. The van der Waals surface area contributed by atoms with Gasteiger partial charge in [-0.25, -0.2) is 9.59 Å². The van der Waals surface area contributed by atoms with Crippen LogP contribution in [0.2, 0.25) is 0 Å². The number of carboxylic acids is 1.